The number of hydrogen-bond acceptors (Lipinski definition) is 2. The van der Waals surface area contributed by atoms with E-state index >= 15 is 0 Å². The molecule has 0 aliphatic heterocycles. The van der Waals surface area contributed by atoms with E-state index in [-0.39, 0.29) is 17.7 Å². The summed E-state index contributed by atoms with van der Waals surface area (Å²) in [6, 6.07) is 15.3. The van der Waals surface area contributed by atoms with Gasteiger partial charge in [0.05, 0.1) is 0 Å². The number of nitrogens with zero attached hydrogens (tertiary/aromatic N) is 1. The van der Waals surface area contributed by atoms with Crippen LogP contribution in [0, 0.1) is 12.8 Å². The number of rotatable bonds is 5. The predicted molar refractivity (Wildman–Crippen MR) is 94.8 cm³/mol. The van der Waals surface area contributed by atoms with Crippen LogP contribution in [0.25, 0.3) is 0 Å². The van der Waals surface area contributed by atoms with E-state index in [9.17, 15) is 9.59 Å². The maximum absolute atomic E-state index is 12.6. The minimum Gasteiger partial charge on any atom is -0.337 e. The quantitative estimate of drug-likeness (QED) is 0.914. The molecule has 0 unspecified atom stereocenters. The highest BCUT2D eigenvalue weighted by Gasteiger charge is 2.29. The Hall–Kier alpha value is -2.62. The van der Waals surface area contributed by atoms with Gasteiger partial charge < -0.3 is 10.2 Å². The molecule has 1 fully saturated rings. The van der Waals surface area contributed by atoms with Crippen LogP contribution in [0.15, 0.2) is 48.5 Å². The fourth-order valence-electron chi connectivity index (χ4n) is 2.58. The lowest BCUT2D eigenvalue weighted by molar-refractivity contribution is -0.117. The zero-order chi connectivity index (χ0) is 17.1. The number of carbonyl (C=O) groups excluding carboxylic acids is 2. The molecule has 1 saturated carbocycles. The lowest BCUT2D eigenvalue weighted by Crippen LogP contribution is -2.26. The van der Waals surface area contributed by atoms with Crippen LogP contribution in [0.5, 0.6) is 0 Å². The summed E-state index contributed by atoms with van der Waals surface area (Å²) in [6.07, 6.45) is 1.92. The number of benzene rings is 2. The van der Waals surface area contributed by atoms with Crippen LogP contribution >= 0.6 is 0 Å². The van der Waals surface area contributed by atoms with Crippen LogP contribution in [0.3, 0.4) is 0 Å². The molecule has 1 aliphatic carbocycles. The Morgan fingerprint density at radius 3 is 2.50 bits per heavy atom. The normalized spacial score (nSPS) is 13.4. The highest BCUT2D eigenvalue weighted by atomic mass is 16.2. The van der Waals surface area contributed by atoms with Gasteiger partial charge in [-0.15, -0.1) is 0 Å². The van der Waals surface area contributed by atoms with Gasteiger partial charge >= 0.3 is 0 Å². The molecule has 0 aromatic heterocycles. The fraction of sp³-hybridized carbons (Fsp3) is 0.300. The van der Waals surface area contributed by atoms with Crippen LogP contribution in [0.2, 0.25) is 0 Å². The molecule has 1 N–H and O–H groups in total. The molecule has 4 heteroatoms. The van der Waals surface area contributed by atoms with Crippen molar-refractivity contribution in [1.29, 1.82) is 0 Å². The van der Waals surface area contributed by atoms with Crippen molar-refractivity contribution in [2.24, 2.45) is 5.92 Å². The summed E-state index contributed by atoms with van der Waals surface area (Å²) < 4.78 is 0. The van der Waals surface area contributed by atoms with Crippen molar-refractivity contribution < 1.29 is 9.59 Å². The molecule has 2 amide bonds. The van der Waals surface area contributed by atoms with Crippen LogP contribution < -0.4 is 5.32 Å². The van der Waals surface area contributed by atoms with Gasteiger partial charge in [0.15, 0.2) is 0 Å². The molecule has 3 rings (SSSR count). The van der Waals surface area contributed by atoms with E-state index in [1.165, 1.54) is 5.56 Å². The van der Waals surface area contributed by atoms with Crippen molar-refractivity contribution in [2.45, 2.75) is 26.3 Å². The molecule has 0 atom stereocenters. The molecule has 2 aromatic carbocycles. The zero-order valence-electron chi connectivity index (χ0n) is 14.1. The van der Waals surface area contributed by atoms with Crippen molar-refractivity contribution >= 4 is 17.5 Å². The molecule has 1 aliphatic rings. The highest BCUT2D eigenvalue weighted by Crippen LogP contribution is 2.30. The van der Waals surface area contributed by atoms with Crippen molar-refractivity contribution in [3.63, 3.8) is 0 Å². The summed E-state index contributed by atoms with van der Waals surface area (Å²) >= 11 is 0. The molecule has 0 heterocycles. The van der Waals surface area contributed by atoms with E-state index in [2.05, 4.69) is 5.32 Å². The maximum atomic E-state index is 12.6. The molecule has 0 radical (unpaired) electrons. The number of carbonyl (C=O) groups is 2. The Labute approximate surface area is 142 Å². The molecular formula is C20H22N2O2. The summed E-state index contributed by atoms with van der Waals surface area (Å²) in [5, 5.41) is 2.88. The maximum Gasteiger partial charge on any atom is 0.253 e. The smallest absolute Gasteiger partial charge is 0.253 e. The number of aryl methyl sites for hydroxylation is 1. The van der Waals surface area contributed by atoms with E-state index in [1.807, 2.05) is 37.3 Å². The number of amides is 2. The van der Waals surface area contributed by atoms with E-state index < -0.39 is 0 Å². The van der Waals surface area contributed by atoms with Gasteiger partial charge in [0.25, 0.3) is 5.91 Å². The number of hydrogen-bond donors (Lipinski definition) is 1. The van der Waals surface area contributed by atoms with Gasteiger partial charge in [-0.2, -0.15) is 0 Å². The van der Waals surface area contributed by atoms with Crippen LogP contribution in [-0.2, 0) is 11.3 Å². The Morgan fingerprint density at radius 2 is 1.83 bits per heavy atom. The summed E-state index contributed by atoms with van der Waals surface area (Å²) in [7, 11) is 1.79. The number of anilines is 1. The van der Waals surface area contributed by atoms with Crippen molar-refractivity contribution in [3.8, 4) is 0 Å². The summed E-state index contributed by atoms with van der Waals surface area (Å²) in [5.74, 6) is 0.138. The molecular weight excluding hydrogens is 300 g/mol. The van der Waals surface area contributed by atoms with Crippen molar-refractivity contribution in [1.82, 2.24) is 4.90 Å². The lowest BCUT2D eigenvalue weighted by atomic mass is 10.1. The predicted octanol–water partition coefficient (Wildman–Crippen LogP) is 3.62. The monoisotopic (exact) mass is 322 g/mol. The third-order valence-corrected chi connectivity index (χ3v) is 4.21. The standard InChI is InChI=1S/C20H22N2O2/c1-14-6-8-15(9-7-14)13-22(2)20(24)17-4-3-5-18(12-17)21-19(23)16-10-11-16/h3-9,12,16H,10-11,13H2,1-2H3,(H,21,23). The Morgan fingerprint density at radius 1 is 1.12 bits per heavy atom. The summed E-state index contributed by atoms with van der Waals surface area (Å²) in [6.45, 7) is 2.60. The van der Waals surface area contributed by atoms with Crippen molar-refractivity contribution in [3.05, 3.63) is 65.2 Å². The van der Waals surface area contributed by atoms with E-state index in [0.717, 1.165) is 18.4 Å². The second-order valence-corrected chi connectivity index (χ2v) is 6.49. The molecule has 0 spiro atoms. The van der Waals surface area contributed by atoms with Gasteiger partial charge in [-0.25, -0.2) is 0 Å². The summed E-state index contributed by atoms with van der Waals surface area (Å²) in [4.78, 5) is 26.2. The lowest BCUT2D eigenvalue weighted by Gasteiger charge is -2.18. The third-order valence-electron chi connectivity index (χ3n) is 4.21. The van der Waals surface area contributed by atoms with Crippen LogP contribution in [0.1, 0.15) is 34.3 Å². The first-order chi connectivity index (χ1) is 11.5. The first-order valence-corrected chi connectivity index (χ1v) is 8.25. The third kappa shape index (κ3) is 4.02. The van der Waals surface area contributed by atoms with E-state index in [1.54, 1.807) is 30.1 Å². The second kappa shape index (κ2) is 6.87. The second-order valence-electron chi connectivity index (χ2n) is 6.49. The average molecular weight is 322 g/mol. The van der Waals surface area contributed by atoms with Crippen LogP contribution in [0.4, 0.5) is 5.69 Å². The number of nitrogens with one attached hydrogen (secondary N) is 1. The van der Waals surface area contributed by atoms with Crippen LogP contribution in [-0.4, -0.2) is 23.8 Å². The Balaban J connectivity index is 1.66. The summed E-state index contributed by atoms with van der Waals surface area (Å²) in [5.41, 5.74) is 3.56. The minimum atomic E-state index is -0.0573. The largest absolute Gasteiger partial charge is 0.337 e. The van der Waals surface area contributed by atoms with Gasteiger partial charge in [0.1, 0.15) is 0 Å². The van der Waals surface area contributed by atoms with Gasteiger partial charge in [-0.05, 0) is 43.5 Å². The first kappa shape index (κ1) is 16.2. The molecule has 2 aromatic rings. The Kier molecular flexibility index (Phi) is 4.65. The van der Waals surface area contributed by atoms with E-state index in [0.29, 0.717) is 17.8 Å². The van der Waals surface area contributed by atoms with Gasteiger partial charge in [0, 0.05) is 30.8 Å². The first-order valence-electron chi connectivity index (χ1n) is 8.25. The highest BCUT2D eigenvalue weighted by molar-refractivity contribution is 5.98. The Bertz CT molecular complexity index is 748. The van der Waals surface area contributed by atoms with Gasteiger partial charge in [-0.3, -0.25) is 9.59 Å². The molecule has 24 heavy (non-hydrogen) atoms. The fourth-order valence-corrected chi connectivity index (χ4v) is 2.58. The topological polar surface area (TPSA) is 49.4 Å². The molecule has 4 nitrogen and oxygen atoms in total. The molecule has 0 bridgehead atoms. The van der Waals surface area contributed by atoms with E-state index in [4.69, 9.17) is 0 Å². The SMILES string of the molecule is Cc1ccc(CN(C)C(=O)c2cccc(NC(=O)C3CC3)c2)cc1. The average Bonchev–Trinajstić information content (AvgIpc) is 3.41. The zero-order valence-corrected chi connectivity index (χ0v) is 14.1. The van der Waals surface area contributed by atoms with Crippen molar-refractivity contribution in [2.75, 3.05) is 12.4 Å². The molecule has 0 saturated heterocycles. The molecule has 124 valence electrons. The van der Waals surface area contributed by atoms with Gasteiger partial charge in [-0.1, -0.05) is 35.9 Å². The van der Waals surface area contributed by atoms with Gasteiger partial charge in [0.2, 0.25) is 5.91 Å². The minimum absolute atomic E-state index is 0.0487.